The quantitative estimate of drug-likeness (QED) is 0.767. The van der Waals surface area contributed by atoms with Gasteiger partial charge in [0.25, 0.3) is 0 Å². The van der Waals surface area contributed by atoms with Crippen LogP contribution in [0.5, 0.6) is 11.5 Å². The summed E-state index contributed by atoms with van der Waals surface area (Å²) >= 11 is 0. The van der Waals surface area contributed by atoms with Crippen LogP contribution in [0.3, 0.4) is 0 Å². The smallest absolute Gasteiger partial charge is 0.231 e. The topological polar surface area (TPSA) is 53.7 Å². The fraction of sp³-hybridized carbons (Fsp3) is 0.538. The Morgan fingerprint density at radius 3 is 2.94 bits per heavy atom. The minimum atomic E-state index is 0.315. The number of fused-ring (bicyclic) bond motifs is 1. The number of ether oxygens (including phenoxy) is 3. The highest BCUT2D eigenvalue weighted by Gasteiger charge is 2.20. The molecule has 1 aromatic carbocycles. The molecular formula is C13H19NO3. The second-order valence-electron chi connectivity index (χ2n) is 4.12. The maximum absolute atomic E-state index is 5.54. The van der Waals surface area contributed by atoms with E-state index in [2.05, 4.69) is 6.07 Å². The molecule has 17 heavy (non-hydrogen) atoms. The van der Waals surface area contributed by atoms with Crippen LogP contribution in [0.2, 0.25) is 0 Å². The number of nitrogens with two attached hydrogens (primary N) is 1. The molecular weight excluding hydrogens is 218 g/mol. The van der Waals surface area contributed by atoms with Gasteiger partial charge in [-0.25, -0.2) is 0 Å². The van der Waals surface area contributed by atoms with Gasteiger partial charge in [-0.2, -0.15) is 0 Å². The Labute approximate surface area is 102 Å². The summed E-state index contributed by atoms with van der Waals surface area (Å²) in [7, 11) is 1.70. The average molecular weight is 237 g/mol. The zero-order valence-electron chi connectivity index (χ0n) is 10.2. The van der Waals surface area contributed by atoms with Crippen molar-refractivity contribution in [1.29, 1.82) is 0 Å². The number of benzene rings is 1. The first-order chi connectivity index (χ1) is 8.36. The Bertz CT molecular complexity index is 379. The van der Waals surface area contributed by atoms with E-state index >= 15 is 0 Å². The first-order valence-corrected chi connectivity index (χ1v) is 5.96. The van der Waals surface area contributed by atoms with E-state index in [1.165, 1.54) is 11.1 Å². The van der Waals surface area contributed by atoms with Crippen molar-refractivity contribution in [3.63, 3.8) is 0 Å². The molecule has 0 saturated heterocycles. The highest BCUT2D eigenvalue weighted by molar-refractivity contribution is 5.52. The monoisotopic (exact) mass is 237 g/mol. The minimum absolute atomic E-state index is 0.315. The highest BCUT2D eigenvalue weighted by Crippen LogP contribution is 2.38. The Morgan fingerprint density at radius 1 is 1.29 bits per heavy atom. The number of hydrogen-bond acceptors (Lipinski definition) is 4. The second-order valence-corrected chi connectivity index (χ2v) is 4.12. The lowest BCUT2D eigenvalue weighted by Crippen LogP contribution is -2.02. The van der Waals surface area contributed by atoms with Crippen LogP contribution < -0.4 is 15.2 Å². The van der Waals surface area contributed by atoms with Gasteiger partial charge in [-0.05, 0) is 37.4 Å². The lowest BCUT2D eigenvalue weighted by molar-refractivity contribution is 0.172. The van der Waals surface area contributed by atoms with Crippen molar-refractivity contribution in [2.75, 3.05) is 20.4 Å². The number of rotatable bonds is 6. The van der Waals surface area contributed by atoms with E-state index in [1.807, 2.05) is 6.07 Å². The summed E-state index contributed by atoms with van der Waals surface area (Å²) in [5.41, 5.74) is 7.90. The van der Waals surface area contributed by atoms with Crippen LogP contribution in [0.25, 0.3) is 0 Å². The maximum Gasteiger partial charge on any atom is 0.231 e. The van der Waals surface area contributed by atoms with Crippen molar-refractivity contribution in [3.05, 3.63) is 23.3 Å². The predicted molar refractivity (Wildman–Crippen MR) is 65.3 cm³/mol. The molecule has 4 nitrogen and oxygen atoms in total. The van der Waals surface area contributed by atoms with Crippen molar-refractivity contribution in [1.82, 2.24) is 0 Å². The maximum atomic E-state index is 5.54. The molecule has 0 amide bonds. The van der Waals surface area contributed by atoms with E-state index < -0.39 is 0 Å². The molecule has 0 fully saturated rings. The molecule has 0 aromatic heterocycles. The van der Waals surface area contributed by atoms with Gasteiger partial charge in [0, 0.05) is 12.7 Å². The van der Waals surface area contributed by atoms with Crippen LogP contribution >= 0.6 is 0 Å². The number of methoxy groups -OCH3 is 1. The third-order valence-corrected chi connectivity index (χ3v) is 2.92. The van der Waals surface area contributed by atoms with Gasteiger partial charge in [-0.1, -0.05) is 6.07 Å². The molecule has 1 aliphatic rings. The van der Waals surface area contributed by atoms with Crippen LogP contribution in [-0.4, -0.2) is 20.4 Å². The van der Waals surface area contributed by atoms with Crippen molar-refractivity contribution in [3.8, 4) is 11.5 Å². The van der Waals surface area contributed by atoms with Crippen molar-refractivity contribution in [2.24, 2.45) is 5.73 Å². The van der Waals surface area contributed by atoms with E-state index in [-0.39, 0.29) is 0 Å². The third kappa shape index (κ3) is 2.70. The fourth-order valence-corrected chi connectivity index (χ4v) is 2.08. The lowest BCUT2D eigenvalue weighted by Gasteiger charge is -2.11. The predicted octanol–water partition coefficient (Wildman–Crippen LogP) is 1.84. The molecule has 2 rings (SSSR count). The molecule has 2 N–H and O–H groups in total. The molecule has 94 valence electrons. The van der Waals surface area contributed by atoms with Gasteiger partial charge >= 0.3 is 0 Å². The van der Waals surface area contributed by atoms with Gasteiger partial charge in [0.05, 0.1) is 6.61 Å². The fourth-order valence-electron chi connectivity index (χ4n) is 2.08. The molecule has 0 spiro atoms. The van der Waals surface area contributed by atoms with Crippen molar-refractivity contribution in [2.45, 2.75) is 25.9 Å². The first-order valence-electron chi connectivity index (χ1n) is 5.96. The molecule has 0 atom stereocenters. The summed E-state index contributed by atoms with van der Waals surface area (Å²) in [5, 5.41) is 0. The normalized spacial score (nSPS) is 13.1. The summed E-state index contributed by atoms with van der Waals surface area (Å²) in [4.78, 5) is 0. The van der Waals surface area contributed by atoms with Crippen LogP contribution in [0, 0.1) is 0 Å². The van der Waals surface area contributed by atoms with E-state index in [1.54, 1.807) is 7.11 Å². The summed E-state index contributed by atoms with van der Waals surface area (Å²) < 4.78 is 16.1. The molecule has 4 heteroatoms. The van der Waals surface area contributed by atoms with Gasteiger partial charge in [-0.3, -0.25) is 0 Å². The van der Waals surface area contributed by atoms with E-state index in [9.17, 15) is 0 Å². The molecule has 0 unspecified atom stereocenters. The van der Waals surface area contributed by atoms with E-state index in [4.69, 9.17) is 19.9 Å². The SMILES string of the molecule is COCc1ccc2c(c1CCCCN)OCO2. The van der Waals surface area contributed by atoms with Gasteiger partial charge in [0.1, 0.15) is 0 Å². The largest absolute Gasteiger partial charge is 0.454 e. The summed E-state index contributed by atoms with van der Waals surface area (Å²) in [6.07, 6.45) is 3.05. The molecule has 1 aliphatic heterocycles. The van der Waals surface area contributed by atoms with Gasteiger partial charge in [0.15, 0.2) is 11.5 Å². The van der Waals surface area contributed by atoms with Crippen molar-refractivity contribution >= 4 is 0 Å². The molecule has 0 aliphatic carbocycles. The summed E-state index contributed by atoms with van der Waals surface area (Å²) in [5.74, 6) is 1.73. The van der Waals surface area contributed by atoms with Gasteiger partial charge < -0.3 is 19.9 Å². The Hall–Kier alpha value is -1.26. The third-order valence-electron chi connectivity index (χ3n) is 2.92. The Kier molecular flexibility index (Phi) is 4.23. The molecule has 0 saturated carbocycles. The van der Waals surface area contributed by atoms with Crippen LogP contribution in [0.15, 0.2) is 12.1 Å². The first kappa shape index (κ1) is 12.2. The standard InChI is InChI=1S/C13H19NO3/c1-15-8-10-5-6-12-13(17-9-16-12)11(10)4-2-3-7-14/h5-6H,2-4,7-9,14H2,1H3. The zero-order valence-corrected chi connectivity index (χ0v) is 10.2. The Balaban J connectivity index is 2.21. The number of unbranched alkanes of at least 4 members (excludes halogenated alkanes) is 1. The molecule has 0 radical (unpaired) electrons. The van der Waals surface area contributed by atoms with Crippen LogP contribution in [0.4, 0.5) is 0 Å². The van der Waals surface area contributed by atoms with Crippen LogP contribution in [0.1, 0.15) is 24.0 Å². The average Bonchev–Trinajstić information content (AvgIpc) is 2.80. The molecule has 1 aromatic rings. The van der Waals surface area contributed by atoms with Crippen LogP contribution in [-0.2, 0) is 17.8 Å². The second kappa shape index (κ2) is 5.89. The van der Waals surface area contributed by atoms with Gasteiger partial charge in [0.2, 0.25) is 6.79 Å². The minimum Gasteiger partial charge on any atom is -0.454 e. The summed E-state index contributed by atoms with van der Waals surface area (Å²) in [6.45, 7) is 1.65. The highest BCUT2D eigenvalue weighted by atomic mass is 16.7. The van der Waals surface area contributed by atoms with E-state index in [0.29, 0.717) is 13.4 Å². The lowest BCUT2D eigenvalue weighted by atomic mass is 10.0. The molecule has 1 heterocycles. The van der Waals surface area contributed by atoms with Crippen molar-refractivity contribution < 1.29 is 14.2 Å². The zero-order chi connectivity index (χ0) is 12.1. The Morgan fingerprint density at radius 2 is 2.18 bits per heavy atom. The summed E-state index contributed by atoms with van der Waals surface area (Å²) in [6, 6.07) is 4.00. The van der Waals surface area contributed by atoms with Gasteiger partial charge in [-0.15, -0.1) is 0 Å². The van der Waals surface area contributed by atoms with E-state index in [0.717, 1.165) is 37.3 Å². The molecule has 0 bridgehead atoms. The number of hydrogen-bond donors (Lipinski definition) is 1.